The van der Waals surface area contributed by atoms with Crippen LogP contribution >= 0.6 is 22.9 Å². The largest absolute Gasteiger partial charge is 0.309 e. The molecule has 6 heteroatoms. The molecular formula is C17H22ClN3OS. The fourth-order valence-electron chi connectivity index (χ4n) is 2.72. The normalized spacial score (nSPS) is 15.1. The predicted molar refractivity (Wildman–Crippen MR) is 97.5 cm³/mol. The maximum atomic E-state index is 12.8. The molecule has 0 atom stereocenters. The second-order valence-corrected chi connectivity index (χ2v) is 7.83. The summed E-state index contributed by atoms with van der Waals surface area (Å²) in [5.74, 6) is 0.421. The van der Waals surface area contributed by atoms with Gasteiger partial charge in [0.25, 0.3) is 0 Å². The minimum Gasteiger partial charge on any atom is -0.309 e. The zero-order chi connectivity index (χ0) is 16.4. The number of rotatable bonds is 6. The molecule has 0 radical (unpaired) electrons. The van der Waals surface area contributed by atoms with Crippen molar-refractivity contribution in [2.45, 2.75) is 25.7 Å². The second-order valence-electron chi connectivity index (χ2n) is 6.38. The first-order valence-corrected chi connectivity index (χ1v) is 9.26. The van der Waals surface area contributed by atoms with Crippen LogP contribution in [0.4, 0.5) is 5.13 Å². The van der Waals surface area contributed by atoms with Crippen molar-refractivity contribution in [3.05, 3.63) is 23.2 Å². The first kappa shape index (κ1) is 16.7. The highest BCUT2D eigenvalue weighted by Crippen LogP contribution is 2.34. The minimum absolute atomic E-state index is 0.185. The molecule has 1 aliphatic carbocycles. The van der Waals surface area contributed by atoms with Crippen molar-refractivity contribution >= 4 is 44.2 Å². The van der Waals surface area contributed by atoms with Gasteiger partial charge in [-0.3, -0.25) is 9.69 Å². The molecule has 1 amide bonds. The van der Waals surface area contributed by atoms with E-state index in [2.05, 4.69) is 24.0 Å². The standard InChI is InChI=1S/C17H22ClN3OS/c1-20(2)9-4-10-21(16(22)12-5-3-6-12)17-19-14-8-7-13(18)11-15(14)23-17/h7-8,11-12H,3-6,9-10H2,1-2H3. The molecule has 1 aromatic heterocycles. The molecule has 0 bridgehead atoms. The van der Waals surface area contributed by atoms with Crippen LogP contribution in [0.1, 0.15) is 25.7 Å². The van der Waals surface area contributed by atoms with Crippen LogP contribution in [0.25, 0.3) is 10.2 Å². The van der Waals surface area contributed by atoms with E-state index >= 15 is 0 Å². The fourth-order valence-corrected chi connectivity index (χ4v) is 4.00. The summed E-state index contributed by atoms with van der Waals surface area (Å²) in [6.07, 6.45) is 4.14. The SMILES string of the molecule is CN(C)CCCN(C(=O)C1CCC1)c1nc2ccc(Cl)cc2s1. The van der Waals surface area contributed by atoms with Crippen LogP contribution in [0.15, 0.2) is 18.2 Å². The summed E-state index contributed by atoms with van der Waals surface area (Å²) in [6, 6.07) is 5.69. The summed E-state index contributed by atoms with van der Waals surface area (Å²) < 4.78 is 1.03. The number of benzene rings is 1. The molecule has 0 spiro atoms. The smallest absolute Gasteiger partial charge is 0.231 e. The molecule has 2 aromatic rings. The lowest BCUT2D eigenvalue weighted by Gasteiger charge is -2.30. The van der Waals surface area contributed by atoms with Gasteiger partial charge in [0, 0.05) is 17.5 Å². The molecule has 1 aromatic carbocycles. The number of anilines is 1. The molecule has 0 aliphatic heterocycles. The van der Waals surface area contributed by atoms with Gasteiger partial charge in [-0.2, -0.15) is 0 Å². The summed E-state index contributed by atoms with van der Waals surface area (Å²) in [4.78, 5) is 21.5. The summed E-state index contributed by atoms with van der Waals surface area (Å²) in [6.45, 7) is 1.69. The van der Waals surface area contributed by atoms with Gasteiger partial charge in [-0.05, 0) is 58.1 Å². The van der Waals surface area contributed by atoms with E-state index in [0.717, 1.165) is 54.1 Å². The first-order valence-electron chi connectivity index (χ1n) is 8.07. The van der Waals surface area contributed by atoms with Crippen LogP contribution in [0.2, 0.25) is 5.02 Å². The van der Waals surface area contributed by atoms with Gasteiger partial charge in [-0.1, -0.05) is 29.4 Å². The highest BCUT2D eigenvalue weighted by atomic mass is 35.5. The maximum absolute atomic E-state index is 12.8. The van der Waals surface area contributed by atoms with E-state index in [1.54, 1.807) is 11.3 Å². The molecule has 1 saturated carbocycles. The fraction of sp³-hybridized carbons (Fsp3) is 0.529. The number of hydrogen-bond acceptors (Lipinski definition) is 4. The first-order chi connectivity index (χ1) is 11.0. The van der Waals surface area contributed by atoms with Crippen LogP contribution in [-0.4, -0.2) is 43.0 Å². The zero-order valence-corrected chi connectivity index (χ0v) is 15.2. The van der Waals surface area contributed by atoms with Gasteiger partial charge < -0.3 is 4.90 Å². The Labute approximate surface area is 146 Å². The Morgan fingerprint density at radius 2 is 2.13 bits per heavy atom. The summed E-state index contributed by atoms with van der Waals surface area (Å²) in [5, 5.41) is 1.51. The lowest BCUT2D eigenvalue weighted by Crippen LogP contribution is -2.40. The number of nitrogens with zero attached hydrogens (tertiary/aromatic N) is 3. The monoisotopic (exact) mass is 351 g/mol. The third-order valence-corrected chi connectivity index (χ3v) is 5.55. The van der Waals surface area contributed by atoms with E-state index in [9.17, 15) is 4.79 Å². The number of amides is 1. The van der Waals surface area contributed by atoms with Gasteiger partial charge in [0.15, 0.2) is 5.13 Å². The molecular weight excluding hydrogens is 330 g/mol. The summed E-state index contributed by atoms with van der Waals surface area (Å²) in [5.41, 5.74) is 0.911. The van der Waals surface area contributed by atoms with Gasteiger partial charge >= 0.3 is 0 Å². The van der Waals surface area contributed by atoms with Crippen molar-refractivity contribution in [2.24, 2.45) is 5.92 Å². The van der Waals surface area contributed by atoms with Crippen LogP contribution in [0, 0.1) is 5.92 Å². The molecule has 23 heavy (non-hydrogen) atoms. The molecule has 1 aliphatic rings. The predicted octanol–water partition coefficient (Wildman–Crippen LogP) is 4.03. The van der Waals surface area contributed by atoms with Gasteiger partial charge in [0.2, 0.25) is 5.91 Å². The zero-order valence-electron chi connectivity index (χ0n) is 13.6. The lowest BCUT2D eigenvalue weighted by molar-refractivity contribution is -0.124. The molecule has 0 unspecified atom stereocenters. The number of thiazole rings is 1. The van der Waals surface area contributed by atoms with Crippen LogP contribution in [-0.2, 0) is 4.79 Å². The van der Waals surface area contributed by atoms with Crippen LogP contribution < -0.4 is 4.90 Å². The van der Waals surface area contributed by atoms with E-state index in [0.29, 0.717) is 5.02 Å². The van der Waals surface area contributed by atoms with Crippen molar-refractivity contribution in [3.63, 3.8) is 0 Å². The number of carbonyl (C=O) groups is 1. The number of hydrogen-bond donors (Lipinski definition) is 0. The molecule has 1 heterocycles. The summed E-state index contributed by atoms with van der Waals surface area (Å²) >= 11 is 7.62. The quantitative estimate of drug-likeness (QED) is 0.788. The Balaban J connectivity index is 1.83. The van der Waals surface area contributed by atoms with Gasteiger partial charge in [-0.15, -0.1) is 0 Å². The average molecular weight is 352 g/mol. The maximum Gasteiger partial charge on any atom is 0.231 e. The van der Waals surface area contributed by atoms with Crippen molar-refractivity contribution in [3.8, 4) is 0 Å². The minimum atomic E-state index is 0.185. The van der Waals surface area contributed by atoms with Crippen LogP contribution in [0.3, 0.4) is 0 Å². The Hall–Kier alpha value is -1.17. The Morgan fingerprint density at radius 1 is 1.35 bits per heavy atom. The van der Waals surface area contributed by atoms with Crippen molar-refractivity contribution in [1.29, 1.82) is 0 Å². The van der Waals surface area contributed by atoms with E-state index in [-0.39, 0.29) is 11.8 Å². The van der Waals surface area contributed by atoms with E-state index < -0.39 is 0 Å². The van der Waals surface area contributed by atoms with E-state index in [1.807, 2.05) is 23.1 Å². The molecule has 1 fully saturated rings. The van der Waals surface area contributed by atoms with Gasteiger partial charge in [0.1, 0.15) is 0 Å². The molecule has 0 N–H and O–H groups in total. The number of halogens is 1. The van der Waals surface area contributed by atoms with Crippen molar-refractivity contribution < 1.29 is 4.79 Å². The van der Waals surface area contributed by atoms with Gasteiger partial charge in [-0.25, -0.2) is 4.98 Å². The third-order valence-electron chi connectivity index (χ3n) is 4.28. The number of carbonyl (C=O) groups excluding carboxylic acids is 1. The Bertz CT molecular complexity index is 696. The van der Waals surface area contributed by atoms with E-state index in [1.165, 1.54) is 0 Å². The molecule has 0 saturated heterocycles. The average Bonchev–Trinajstić information content (AvgIpc) is 2.83. The van der Waals surface area contributed by atoms with Crippen LogP contribution in [0.5, 0.6) is 0 Å². The Kier molecular flexibility index (Phi) is 5.19. The van der Waals surface area contributed by atoms with Crippen molar-refractivity contribution in [1.82, 2.24) is 9.88 Å². The third kappa shape index (κ3) is 3.84. The topological polar surface area (TPSA) is 36.4 Å². The van der Waals surface area contributed by atoms with E-state index in [4.69, 9.17) is 11.6 Å². The van der Waals surface area contributed by atoms with Gasteiger partial charge in [0.05, 0.1) is 10.2 Å². The second kappa shape index (κ2) is 7.16. The number of aromatic nitrogens is 1. The molecule has 4 nitrogen and oxygen atoms in total. The number of fused-ring (bicyclic) bond motifs is 1. The lowest BCUT2D eigenvalue weighted by atomic mass is 9.84. The highest BCUT2D eigenvalue weighted by molar-refractivity contribution is 7.22. The Morgan fingerprint density at radius 3 is 2.78 bits per heavy atom. The summed E-state index contributed by atoms with van der Waals surface area (Å²) in [7, 11) is 4.11. The highest BCUT2D eigenvalue weighted by Gasteiger charge is 2.31. The molecule has 124 valence electrons. The van der Waals surface area contributed by atoms with Crippen molar-refractivity contribution in [2.75, 3.05) is 32.1 Å². The molecule has 3 rings (SSSR count).